The van der Waals surface area contributed by atoms with Crippen LogP contribution in [0.15, 0.2) is 42.7 Å². The summed E-state index contributed by atoms with van der Waals surface area (Å²) < 4.78 is 1.86. The molecule has 2 N–H and O–H groups in total. The number of hydrogen-bond acceptors (Lipinski definition) is 3. The highest BCUT2D eigenvalue weighted by molar-refractivity contribution is 5.40. The van der Waals surface area contributed by atoms with Gasteiger partial charge in [-0.1, -0.05) is 32.0 Å². The maximum absolute atomic E-state index is 10.2. The monoisotopic (exact) mass is 273 g/mol. The van der Waals surface area contributed by atoms with Crippen molar-refractivity contribution in [2.45, 2.75) is 32.9 Å². The zero-order valence-corrected chi connectivity index (χ0v) is 12.4. The van der Waals surface area contributed by atoms with Gasteiger partial charge in [0, 0.05) is 25.5 Å². The van der Waals surface area contributed by atoms with Crippen LogP contribution in [-0.2, 0) is 6.54 Å². The molecule has 0 saturated heterocycles. The first kappa shape index (κ1) is 14.8. The molecule has 0 spiro atoms. The Morgan fingerprint density at radius 3 is 2.70 bits per heavy atom. The summed E-state index contributed by atoms with van der Waals surface area (Å²) in [4.78, 5) is 0. The van der Waals surface area contributed by atoms with E-state index in [4.69, 9.17) is 0 Å². The second kappa shape index (κ2) is 6.20. The van der Waals surface area contributed by atoms with E-state index in [2.05, 4.69) is 16.5 Å². The average molecular weight is 273 g/mol. The van der Waals surface area contributed by atoms with Crippen LogP contribution in [-0.4, -0.2) is 27.0 Å². The Bertz CT molecular complexity index is 532. The van der Waals surface area contributed by atoms with Crippen LogP contribution in [0.3, 0.4) is 0 Å². The van der Waals surface area contributed by atoms with E-state index in [-0.39, 0.29) is 5.92 Å². The van der Waals surface area contributed by atoms with Gasteiger partial charge in [-0.2, -0.15) is 5.10 Å². The summed E-state index contributed by atoms with van der Waals surface area (Å²) in [5.74, 6) is 0.219. The maximum Gasteiger partial charge on any atom is 0.0766 e. The normalized spacial score (nSPS) is 14.4. The summed E-state index contributed by atoms with van der Waals surface area (Å²) in [6.45, 7) is 7.19. The molecule has 0 fully saturated rings. The van der Waals surface area contributed by atoms with Gasteiger partial charge in [-0.05, 0) is 30.5 Å². The van der Waals surface area contributed by atoms with Crippen molar-refractivity contribution in [1.82, 2.24) is 15.1 Å². The van der Waals surface area contributed by atoms with Gasteiger partial charge in [-0.3, -0.25) is 0 Å². The van der Waals surface area contributed by atoms with Crippen LogP contribution in [0.4, 0.5) is 0 Å². The van der Waals surface area contributed by atoms with E-state index in [9.17, 15) is 5.11 Å². The maximum atomic E-state index is 10.2. The highest BCUT2D eigenvalue weighted by atomic mass is 16.3. The third kappa shape index (κ3) is 3.46. The highest BCUT2D eigenvalue weighted by Crippen LogP contribution is 2.16. The van der Waals surface area contributed by atoms with Crippen molar-refractivity contribution in [2.24, 2.45) is 5.92 Å². The van der Waals surface area contributed by atoms with Gasteiger partial charge in [-0.25, -0.2) is 4.68 Å². The molecule has 0 radical (unpaired) electrons. The Balaban J connectivity index is 2.04. The third-order valence-corrected chi connectivity index (χ3v) is 3.78. The molecule has 0 aliphatic heterocycles. The summed E-state index contributed by atoms with van der Waals surface area (Å²) >= 11 is 0. The highest BCUT2D eigenvalue weighted by Gasteiger charge is 2.24. The van der Waals surface area contributed by atoms with Crippen LogP contribution in [0.1, 0.15) is 26.3 Å². The summed E-state index contributed by atoms with van der Waals surface area (Å²) in [6, 6.07) is 10.1. The van der Waals surface area contributed by atoms with E-state index in [1.54, 1.807) is 6.20 Å². The van der Waals surface area contributed by atoms with Gasteiger partial charge in [0.15, 0.2) is 0 Å². The van der Waals surface area contributed by atoms with Crippen LogP contribution >= 0.6 is 0 Å². The van der Waals surface area contributed by atoms with E-state index >= 15 is 0 Å². The molecule has 2 rings (SSSR count). The average Bonchev–Trinajstić information content (AvgIpc) is 2.92. The molecule has 1 heterocycles. The zero-order valence-electron chi connectivity index (χ0n) is 12.4. The summed E-state index contributed by atoms with van der Waals surface area (Å²) in [7, 11) is 0. The van der Waals surface area contributed by atoms with Gasteiger partial charge in [0.1, 0.15) is 0 Å². The fraction of sp³-hybridized carbons (Fsp3) is 0.438. The number of para-hydroxylation sites is 1. The minimum Gasteiger partial charge on any atom is -0.389 e. The second-order valence-corrected chi connectivity index (χ2v) is 5.69. The molecule has 1 unspecified atom stereocenters. The Labute approximate surface area is 120 Å². The molecular formula is C16H23N3O. The van der Waals surface area contributed by atoms with E-state index in [1.807, 2.05) is 55.9 Å². The second-order valence-electron chi connectivity index (χ2n) is 5.69. The molecule has 0 amide bonds. The van der Waals surface area contributed by atoms with Crippen LogP contribution in [0.5, 0.6) is 0 Å². The fourth-order valence-electron chi connectivity index (χ4n) is 1.95. The van der Waals surface area contributed by atoms with Gasteiger partial charge >= 0.3 is 0 Å². The molecule has 0 bridgehead atoms. The Hall–Kier alpha value is -1.65. The molecule has 1 aromatic carbocycles. The first-order valence-electron chi connectivity index (χ1n) is 7.02. The molecule has 108 valence electrons. The van der Waals surface area contributed by atoms with Crippen molar-refractivity contribution in [3.05, 3.63) is 48.3 Å². The smallest absolute Gasteiger partial charge is 0.0766 e. The third-order valence-electron chi connectivity index (χ3n) is 3.78. The minimum atomic E-state index is -0.694. The molecule has 0 aliphatic rings. The van der Waals surface area contributed by atoms with Crippen molar-refractivity contribution in [1.29, 1.82) is 0 Å². The molecular weight excluding hydrogens is 250 g/mol. The van der Waals surface area contributed by atoms with Crippen molar-refractivity contribution in [2.75, 3.05) is 6.54 Å². The summed E-state index contributed by atoms with van der Waals surface area (Å²) in [5, 5.41) is 17.8. The molecule has 4 heteroatoms. The molecule has 0 aliphatic carbocycles. The molecule has 20 heavy (non-hydrogen) atoms. The summed E-state index contributed by atoms with van der Waals surface area (Å²) in [5.41, 5.74) is 1.53. The number of nitrogens with zero attached hydrogens (tertiary/aromatic N) is 2. The lowest BCUT2D eigenvalue weighted by Gasteiger charge is -2.28. The van der Waals surface area contributed by atoms with Crippen molar-refractivity contribution in [3.63, 3.8) is 0 Å². The van der Waals surface area contributed by atoms with Gasteiger partial charge in [-0.15, -0.1) is 0 Å². The van der Waals surface area contributed by atoms with E-state index in [1.165, 1.54) is 0 Å². The Kier molecular flexibility index (Phi) is 4.57. The van der Waals surface area contributed by atoms with E-state index < -0.39 is 5.60 Å². The van der Waals surface area contributed by atoms with Crippen LogP contribution in [0.25, 0.3) is 5.69 Å². The lowest BCUT2D eigenvalue weighted by atomic mass is 9.92. The van der Waals surface area contributed by atoms with Gasteiger partial charge in [0.2, 0.25) is 0 Å². The largest absolute Gasteiger partial charge is 0.389 e. The van der Waals surface area contributed by atoms with Crippen molar-refractivity contribution < 1.29 is 5.11 Å². The van der Waals surface area contributed by atoms with E-state index in [0.717, 1.165) is 11.3 Å². The lowest BCUT2D eigenvalue weighted by molar-refractivity contribution is 0.0140. The van der Waals surface area contributed by atoms with Crippen LogP contribution in [0.2, 0.25) is 0 Å². The quantitative estimate of drug-likeness (QED) is 0.849. The Morgan fingerprint density at radius 1 is 1.30 bits per heavy atom. The molecule has 2 aromatic rings. The number of aliphatic hydroxyl groups is 1. The topological polar surface area (TPSA) is 50.1 Å². The number of nitrogens with one attached hydrogen (secondary N) is 1. The van der Waals surface area contributed by atoms with Crippen molar-refractivity contribution >= 4 is 0 Å². The summed E-state index contributed by atoms with van der Waals surface area (Å²) in [6.07, 6.45) is 3.71. The molecule has 4 nitrogen and oxygen atoms in total. The number of rotatable bonds is 6. The Morgan fingerprint density at radius 2 is 2.05 bits per heavy atom. The van der Waals surface area contributed by atoms with Gasteiger partial charge in [0.05, 0.1) is 11.3 Å². The number of aromatic nitrogens is 2. The first-order chi connectivity index (χ1) is 9.50. The minimum absolute atomic E-state index is 0.219. The fourth-order valence-corrected chi connectivity index (χ4v) is 1.95. The predicted molar refractivity (Wildman–Crippen MR) is 80.7 cm³/mol. The first-order valence-corrected chi connectivity index (χ1v) is 7.02. The number of benzene rings is 1. The molecule has 1 aromatic heterocycles. The molecule has 0 saturated carbocycles. The lowest BCUT2D eigenvalue weighted by Crippen LogP contribution is -2.42. The predicted octanol–water partition coefficient (Wildman–Crippen LogP) is 2.37. The van der Waals surface area contributed by atoms with Crippen LogP contribution < -0.4 is 5.32 Å². The SMILES string of the molecule is CC(C)C(C)(O)CNCc1ccccc1-n1cccn1. The molecule has 1 atom stereocenters. The van der Waals surface area contributed by atoms with Crippen LogP contribution in [0, 0.1) is 5.92 Å². The standard InChI is InChI=1S/C16H23N3O/c1-13(2)16(3,20)12-17-11-14-7-4-5-8-15(14)19-10-6-9-18-19/h4-10,13,17,20H,11-12H2,1-3H3. The van der Waals surface area contributed by atoms with Gasteiger partial charge < -0.3 is 10.4 Å². The zero-order chi connectivity index (χ0) is 14.6. The van der Waals surface area contributed by atoms with E-state index in [0.29, 0.717) is 13.1 Å². The van der Waals surface area contributed by atoms with Crippen molar-refractivity contribution in [3.8, 4) is 5.69 Å². The van der Waals surface area contributed by atoms with Gasteiger partial charge in [0.25, 0.3) is 0 Å². The number of hydrogen-bond donors (Lipinski definition) is 2.